The number of pyridine rings is 1. The lowest BCUT2D eigenvalue weighted by Crippen LogP contribution is -1.88. The van der Waals surface area contributed by atoms with Crippen LogP contribution in [0.15, 0.2) is 42.6 Å². The molecule has 0 aliphatic heterocycles. The summed E-state index contributed by atoms with van der Waals surface area (Å²) in [6.45, 7) is 0. The number of hydrogen-bond acceptors (Lipinski definition) is 2. The van der Waals surface area contributed by atoms with E-state index in [9.17, 15) is 4.39 Å². The molecule has 0 amide bonds. The number of aromatic nitrogens is 1. The topological polar surface area (TPSA) is 36.7 Å². The van der Waals surface area contributed by atoms with Gasteiger partial charge in [-0.25, -0.2) is 4.39 Å². The maximum atomic E-state index is 13.0. The van der Waals surface area contributed by atoms with E-state index in [1.807, 2.05) is 0 Å². The molecule has 1 aromatic heterocycles. The minimum atomic E-state index is -0.287. The SMILES string of the molecule is N#CCc1ccnc(-c2cccc(F)c2)c1. The van der Waals surface area contributed by atoms with Gasteiger partial charge in [0.05, 0.1) is 18.2 Å². The first-order valence-corrected chi connectivity index (χ1v) is 4.87. The molecule has 78 valence electrons. The number of halogens is 1. The molecule has 0 aliphatic carbocycles. The average molecular weight is 212 g/mol. The van der Waals surface area contributed by atoms with Crippen LogP contribution >= 0.6 is 0 Å². The fourth-order valence-electron chi connectivity index (χ4n) is 1.48. The van der Waals surface area contributed by atoms with Gasteiger partial charge in [-0.1, -0.05) is 12.1 Å². The van der Waals surface area contributed by atoms with E-state index in [-0.39, 0.29) is 5.82 Å². The summed E-state index contributed by atoms with van der Waals surface area (Å²) >= 11 is 0. The predicted molar refractivity (Wildman–Crippen MR) is 58.9 cm³/mol. The summed E-state index contributed by atoms with van der Waals surface area (Å²) < 4.78 is 13.0. The van der Waals surface area contributed by atoms with Crippen molar-refractivity contribution in [2.24, 2.45) is 0 Å². The van der Waals surface area contributed by atoms with Crippen molar-refractivity contribution < 1.29 is 4.39 Å². The summed E-state index contributed by atoms with van der Waals surface area (Å²) in [4.78, 5) is 4.16. The van der Waals surface area contributed by atoms with Gasteiger partial charge >= 0.3 is 0 Å². The third kappa shape index (κ3) is 2.23. The highest BCUT2D eigenvalue weighted by Gasteiger charge is 2.01. The van der Waals surface area contributed by atoms with E-state index in [1.54, 1.807) is 30.5 Å². The predicted octanol–water partition coefficient (Wildman–Crippen LogP) is 2.95. The molecule has 1 heterocycles. The number of rotatable bonds is 2. The van der Waals surface area contributed by atoms with Crippen molar-refractivity contribution in [1.82, 2.24) is 4.98 Å². The van der Waals surface area contributed by atoms with E-state index < -0.39 is 0 Å². The van der Waals surface area contributed by atoms with Gasteiger partial charge in [0.1, 0.15) is 5.82 Å². The Morgan fingerprint density at radius 3 is 2.88 bits per heavy atom. The number of benzene rings is 1. The quantitative estimate of drug-likeness (QED) is 0.767. The molecule has 16 heavy (non-hydrogen) atoms. The molecular weight excluding hydrogens is 203 g/mol. The van der Waals surface area contributed by atoms with E-state index in [0.29, 0.717) is 12.1 Å². The molecule has 0 saturated heterocycles. The summed E-state index contributed by atoms with van der Waals surface area (Å²) in [6, 6.07) is 11.9. The summed E-state index contributed by atoms with van der Waals surface area (Å²) in [5.41, 5.74) is 2.30. The van der Waals surface area contributed by atoms with Gasteiger partial charge in [0.25, 0.3) is 0 Å². The Labute approximate surface area is 93.0 Å². The zero-order valence-electron chi connectivity index (χ0n) is 8.52. The van der Waals surface area contributed by atoms with Gasteiger partial charge in [0.15, 0.2) is 0 Å². The molecule has 0 N–H and O–H groups in total. The fourth-order valence-corrected chi connectivity index (χ4v) is 1.48. The third-order valence-electron chi connectivity index (χ3n) is 2.23. The van der Waals surface area contributed by atoms with Crippen LogP contribution in [0.4, 0.5) is 4.39 Å². The summed E-state index contributed by atoms with van der Waals surface area (Å²) in [6.07, 6.45) is 1.97. The highest BCUT2D eigenvalue weighted by Crippen LogP contribution is 2.18. The standard InChI is InChI=1S/C13H9FN2/c14-12-3-1-2-11(9-12)13-8-10(4-6-15)5-7-16-13/h1-3,5,7-9H,4H2. The monoisotopic (exact) mass is 212 g/mol. The van der Waals surface area contributed by atoms with Crippen LogP contribution in [0.3, 0.4) is 0 Å². The Hall–Kier alpha value is -2.21. The van der Waals surface area contributed by atoms with Crippen LogP contribution < -0.4 is 0 Å². The smallest absolute Gasteiger partial charge is 0.123 e. The fraction of sp³-hybridized carbons (Fsp3) is 0.0769. The Morgan fingerprint density at radius 1 is 1.25 bits per heavy atom. The normalized spacial score (nSPS) is 9.75. The van der Waals surface area contributed by atoms with Gasteiger partial charge in [0, 0.05) is 11.8 Å². The van der Waals surface area contributed by atoms with Crippen molar-refractivity contribution in [3.63, 3.8) is 0 Å². The first-order chi connectivity index (χ1) is 7.79. The maximum Gasteiger partial charge on any atom is 0.123 e. The Bertz CT molecular complexity index is 544. The van der Waals surface area contributed by atoms with Crippen LogP contribution in [-0.2, 0) is 6.42 Å². The highest BCUT2D eigenvalue weighted by atomic mass is 19.1. The molecular formula is C13H9FN2. The van der Waals surface area contributed by atoms with Crippen molar-refractivity contribution in [3.05, 3.63) is 54.0 Å². The van der Waals surface area contributed by atoms with Gasteiger partial charge in [-0.15, -0.1) is 0 Å². The van der Waals surface area contributed by atoms with Gasteiger partial charge in [-0.2, -0.15) is 5.26 Å². The van der Waals surface area contributed by atoms with E-state index in [2.05, 4.69) is 11.1 Å². The summed E-state index contributed by atoms with van der Waals surface area (Å²) in [7, 11) is 0. The second-order valence-corrected chi connectivity index (χ2v) is 3.39. The highest BCUT2D eigenvalue weighted by molar-refractivity contribution is 5.59. The molecule has 1 aromatic carbocycles. The lowest BCUT2D eigenvalue weighted by molar-refractivity contribution is 0.628. The van der Waals surface area contributed by atoms with Crippen molar-refractivity contribution >= 4 is 0 Å². The van der Waals surface area contributed by atoms with Crippen molar-refractivity contribution in [2.75, 3.05) is 0 Å². The van der Waals surface area contributed by atoms with Gasteiger partial charge in [-0.05, 0) is 29.8 Å². The molecule has 2 rings (SSSR count). The van der Waals surface area contributed by atoms with E-state index >= 15 is 0 Å². The van der Waals surface area contributed by atoms with E-state index in [1.165, 1.54) is 12.1 Å². The van der Waals surface area contributed by atoms with Gasteiger partial charge < -0.3 is 0 Å². The summed E-state index contributed by atoms with van der Waals surface area (Å²) in [5.74, 6) is -0.287. The Balaban J connectivity index is 2.41. The van der Waals surface area contributed by atoms with Crippen molar-refractivity contribution in [2.45, 2.75) is 6.42 Å². The second kappa shape index (κ2) is 4.54. The largest absolute Gasteiger partial charge is 0.256 e. The van der Waals surface area contributed by atoms with E-state index in [0.717, 1.165) is 11.1 Å². The van der Waals surface area contributed by atoms with Crippen LogP contribution in [0, 0.1) is 17.1 Å². The van der Waals surface area contributed by atoms with Crippen LogP contribution in [0.1, 0.15) is 5.56 Å². The molecule has 0 bridgehead atoms. The minimum Gasteiger partial charge on any atom is -0.256 e. The molecule has 3 heteroatoms. The van der Waals surface area contributed by atoms with Crippen molar-refractivity contribution in [3.8, 4) is 17.3 Å². The second-order valence-electron chi connectivity index (χ2n) is 3.39. The first-order valence-electron chi connectivity index (χ1n) is 4.87. The molecule has 0 atom stereocenters. The zero-order valence-corrected chi connectivity index (χ0v) is 8.52. The number of nitriles is 1. The average Bonchev–Trinajstić information content (AvgIpc) is 2.30. The molecule has 2 nitrogen and oxygen atoms in total. The van der Waals surface area contributed by atoms with Crippen LogP contribution in [0.2, 0.25) is 0 Å². The van der Waals surface area contributed by atoms with Gasteiger partial charge in [0.2, 0.25) is 0 Å². The molecule has 0 aliphatic rings. The molecule has 0 fully saturated rings. The van der Waals surface area contributed by atoms with Crippen LogP contribution in [0.25, 0.3) is 11.3 Å². The van der Waals surface area contributed by atoms with Crippen LogP contribution in [-0.4, -0.2) is 4.98 Å². The maximum absolute atomic E-state index is 13.0. The van der Waals surface area contributed by atoms with Crippen LogP contribution in [0.5, 0.6) is 0 Å². The lowest BCUT2D eigenvalue weighted by Gasteiger charge is -2.02. The van der Waals surface area contributed by atoms with Gasteiger partial charge in [-0.3, -0.25) is 4.98 Å². The first kappa shape index (κ1) is 10.3. The number of hydrogen-bond donors (Lipinski definition) is 0. The number of nitrogens with zero attached hydrogens (tertiary/aromatic N) is 2. The molecule has 0 unspecified atom stereocenters. The zero-order chi connectivity index (χ0) is 11.4. The minimum absolute atomic E-state index is 0.287. The summed E-state index contributed by atoms with van der Waals surface area (Å²) in [5, 5.41) is 8.59. The third-order valence-corrected chi connectivity index (χ3v) is 2.23. The van der Waals surface area contributed by atoms with E-state index in [4.69, 9.17) is 5.26 Å². The molecule has 0 radical (unpaired) electrons. The lowest BCUT2D eigenvalue weighted by atomic mass is 10.1. The molecule has 0 spiro atoms. The Kier molecular flexibility index (Phi) is 2.93. The molecule has 2 aromatic rings. The van der Waals surface area contributed by atoms with Crippen molar-refractivity contribution in [1.29, 1.82) is 5.26 Å². The Morgan fingerprint density at radius 2 is 2.12 bits per heavy atom. The molecule has 0 saturated carbocycles.